The lowest BCUT2D eigenvalue weighted by Crippen LogP contribution is -2.63. The Hall–Kier alpha value is -2.10. The zero-order chi connectivity index (χ0) is 30.9. The van der Waals surface area contributed by atoms with Crippen molar-refractivity contribution in [3.8, 4) is 0 Å². The van der Waals surface area contributed by atoms with Crippen molar-refractivity contribution in [3.05, 3.63) is 47.5 Å². The van der Waals surface area contributed by atoms with Gasteiger partial charge in [-0.05, 0) is 113 Å². The molecule has 0 heterocycles. The van der Waals surface area contributed by atoms with E-state index in [2.05, 4.69) is 0 Å². The number of aliphatic hydroxyl groups is 5. The van der Waals surface area contributed by atoms with E-state index in [1.54, 1.807) is 57.2 Å². The summed E-state index contributed by atoms with van der Waals surface area (Å²) < 4.78 is 6.00. The molecule has 10 atom stereocenters. The van der Waals surface area contributed by atoms with Crippen LogP contribution in [0, 0.1) is 28.6 Å². The van der Waals surface area contributed by atoms with Gasteiger partial charge in [0.05, 0.1) is 29.0 Å². The van der Waals surface area contributed by atoms with Crippen LogP contribution >= 0.6 is 0 Å². The van der Waals surface area contributed by atoms with E-state index in [0.29, 0.717) is 43.2 Å². The number of esters is 1. The first kappa shape index (κ1) is 31.3. The summed E-state index contributed by atoms with van der Waals surface area (Å²) in [5, 5.41) is 56.3. The predicted octanol–water partition coefficient (Wildman–Crippen LogP) is 3.72. The highest BCUT2D eigenvalue weighted by Gasteiger charge is 2.69. The monoisotopic (exact) mass is 584 g/mol. The summed E-state index contributed by atoms with van der Waals surface area (Å²) in [4.78, 5) is 26.7. The van der Waals surface area contributed by atoms with Gasteiger partial charge in [0.25, 0.3) is 0 Å². The maximum absolute atomic E-state index is 13.5. The number of hydrogen-bond acceptors (Lipinski definition) is 8. The maximum Gasteiger partial charge on any atom is 0.338 e. The number of aliphatic hydroxyl groups excluding tert-OH is 2. The number of ether oxygens (including phenoxy) is 1. The van der Waals surface area contributed by atoms with E-state index in [1.807, 2.05) is 13.8 Å². The molecule has 4 aliphatic carbocycles. The predicted molar refractivity (Wildman–Crippen MR) is 156 cm³/mol. The highest BCUT2D eigenvalue weighted by Crippen LogP contribution is 2.68. The molecule has 4 aliphatic rings. The Labute approximate surface area is 248 Å². The lowest BCUT2D eigenvalue weighted by molar-refractivity contribution is -0.177. The fourth-order valence-electron chi connectivity index (χ4n) is 9.26. The Balaban J connectivity index is 1.48. The van der Waals surface area contributed by atoms with E-state index in [-0.39, 0.29) is 31.0 Å². The molecule has 0 saturated heterocycles. The van der Waals surface area contributed by atoms with Crippen LogP contribution in [0.1, 0.15) is 96.3 Å². The van der Waals surface area contributed by atoms with Crippen LogP contribution < -0.4 is 0 Å². The van der Waals surface area contributed by atoms with Crippen LogP contribution in [0.4, 0.5) is 0 Å². The number of fused-ring (bicyclic) bond motifs is 5. The maximum atomic E-state index is 13.5. The summed E-state index contributed by atoms with van der Waals surface area (Å²) in [6, 6.07) is 8.60. The van der Waals surface area contributed by atoms with Gasteiger partial charge >= 0.3 is 5.97 Å². The topological polar surface area (TPSA) is 145 Å². The van der Waals surface area contributed by atoms with E-state index in [4.69, 9.17) is 4.74 Å². The van der Waals surface area contributed by atoms with Gasteiger partial charge in [-0.1, -0.05) is 32.0 Å². The SMILES string of the molecule is CC(C)(O)CCC(OC(=O)c1ccccc1)[C@](C)(O)[C@H]1CC[C@@]2(O)C3=CC(=O)[C@@H]4C[C@@H](O)[C@@H](O)C[C@]4(C)[C@H]3CC[C@]12C. The molecule has 5 N–H and O–H groups in total. The molecule has 0 radical (unpaired) electrons. The molecular formula is C34H48O8. The normalized spacial score (nSPS) is 40.2. The van der Waals surface area contributed by atoms with Gasteiger partial charge in [0.2, 0.25) is 0 Å². The zero-order valence-corrected chi connectivity index (χ0v) is 25.5. The summed E-state index contributed by atoms with van der Waals surface area (Å²) in [6.45, 7) is 9.00. The highest BCUT2D eigenvalue weighted by atomic mass is 16.6. The van der Waals surface area contributed by atoms with Gasteiger partial charge in [-0.3, -0.25) is 4.79 Å². The fraction of sp³-hybridized carbons (Fsp3) is 0.706. The largest absolute Gasteiger partial charge is 0.456 e. The number of rotatable bonds is 7. The van der Waals surface area contributed by atoms with Crippen LogP contribution in [0.3, 0.4) is 0 Å². The lowest BCUT2D eigenvalue weighted by atomic mass is 9.45. The minimum Gasteiger partial charge on any atom is -0.456 e. The molecular weight excluding hydrogens is 536 g/mol. The fourth-order valence-corrected chi connectivity index (χ4v) is 9.26. The molecule has 1 aromatic carbocycles. The second kappa shape index (κ2) is 10.5. The number of benzene rings is 1. The molecule has 0 amide bonds. The third-order valence-electron chi connectivity index (χ3n) is 11.8. The van der Waals surface area contributed by atoms with Crippen LogP contribution in [-0.4, -0.2) is 72.4 Å². The van der Waals surface area contributed by atoms with E-state index >= 15 is 0 Å². The molecule has 8 nitrogen and oxygen atoms in total. The second-order valence-corrected chi connectivity index (χ2v) is 14.9. The summed E-state index contributed by atoms with van der Waals surface area (Å²) in [5.74, 6) is -1.70. The average molecular weight is 585 g/mol. The molecule has 1 aromatic rings. The second-order valence-electron chi connectivity index (χ2n) is 14.9. The van der Waals surface area contributed by atoms with Gasteiger partial charge in [0, 0.05) is 11.3 Å². The number of ketones is 1. The summed E-state index contributed by atoms with van der Waals surface area (Å²) in [5.41, 5.74) is -4.30. The molecule has 0 aliphatic heterocycles. The molecule has 42 heavy (non-hydrogen) atoms. The van der Waals surface area contributed by atoms with Crippen molar-refractivity contribution in [2.24, 2.45) is 28.6 Å². The van der Waals surface area contributed by atoms with Crippen molar-refractivity contribution in [2.45, 2.75) is 121 Å². The van der Waals surface area contributed by atoms with Crippen molar-refractivity contribution in [2.75, 3.05) is 0 Å². The first-order valence-electron chi connectivity index (χ1n) is 15.5. The Morgan fingerprint density at radius 2 is 1.69 bits per heavy atom. The quantitative estimate of drug-likeness (QED) is 0.305. The van der Waals surface area contributed by atoms with Gasteiger partial charge < -0.3 is 30.3 Å². The van der Waals surface area contributed by atoms with Crippen molar-refractivity contribution >= 4 is 11.8 Å². The number of hydrogen-bond donors (Lipinski definition) is 5. The Kier molecular flexibility index (Phi) is 7.84. The minimum atomic E-state index is -1.54. The van der Waals surface area contributed by atoms with Crippen LogP contribution in [0.2, 0.25) is 0 Å². The van der Waals surface area contributed by atoms with Gasteiger partial charge in [0.15, 0.2) is 5.78 Å². The molecule has 3 fully saturated rings. The highest BCUT2D eigenvalue weighted by molar-refractivity contribution is 5.95. The smallest absolute Gasteiger partial charge is 0.338 e. The molecule has 3 saturated carbocycles. The van der Waals surface area contributed by atoms with Crippen LogP contribution in [0.15, 0.2) is 42.0 Å². The Morgan fingerprint density at radius 3 is 2.33 bits per heavy atom. The van der Waals surface area contributed by atoms with Crippen molar-refractivity contribution in [1.82, 2.24) is 0 Å². The summed E-state index contributed by atoms with van der Waals surface area (Å²) in [6.07, 6.45) is 1.84. The number of allylic oxidation sites excluding steroid dienone is 1. The molecule has 5 rings (SSSR count). The molecule has 1 unspecified atom stereocenters. The standard InChI is InChI=1S/C34H48O8/c1-30(2,39)14-13-28(42-29(38)20-9-7-6-8-10-20)33(5,40)27-12-16-34(41)22-17-24(35)23-18-25(36)26(37)19-31(23,3)21(22)11-15-32(27,34)4/h6-10,17,21,23,25-28,36-37,39-41H,11-16,18-19H2,1-5H3/t21-,23-,25+,26-,27-,28?,31+,32+,33+,34+/m0/s1. The summed E-state index contributed by atoms with van der Waals surface area (Å²) >= 11 is 0. The van der Waals surface area contributed by atoms with E-state index < -0.39 is 63.8 Å². The Bertz CT molecular complexity index is 1230. The van der Waals surface area contributed by atoms with Crippen LogP contribution in [0.25, 0.3) is 0 Å². The molecule has 232 valence electrons. The molecule has 8 heteroatoms. The first-order valence-corrected chi connectivity index (χ1v) is 15.5. The lowest BCUT2D eigenvalue weighted by Gasteiger charge is -2.60. The Morgan fingerprint density at radius 1 is 1.02 bits per heavy atom. The third-order valence-corrected chi connectivity index (χ3v) is 11.8. The zero-order valence-electron chi connectivity index (χ0n) is 25.5. The number of carbonyl (C=O) groups is 2. The molecule has 0 spiro atoms. The first-order chi connectivity index (χ1) is 19.4. The van der Waals surface area contributed by atoms with Crippen LogP contribution in [-0.2, 0) is 9.53 Å². The molecule has 0 bridgehead atoms. The van der Waals surface area contributed by atoms with E-state index in [1.165, 1.54) is 0 Å². The third kappa shape index (κ3) is 4.97. The van der Waals surface area contributed by atoms with E-state index in [9.17, 15) is 35.1 Å². The van der Waals surface area contributed by atoms with Crippen LogP contribution in [0.5, 0.6) is 0 Å². The van der Waals surface area contributed by atoms with Gasteiger partial charge in [-0.25, -0.2) is 4.79 Å². The van der Waals surface area contributed by atoms with E-state index in [0.717, 1.165) is 0 Å². The average Bonchev–Trinajstić information content (AvgIpc) is 3.20. The molecule has 0 aromatic heterocycles. The van der Waals surface area contributed by atoms with Gasteiger partial charge in [0.1, 0.15) is 11.7 Å². The minimum absolute atomic E-state index is 0.123. The van der Waals surface area contributed by atoms with Gasteiger partial charge in [-0.2, -0.15) is 0 Å². The van der Waals surface area contributed by atoms with Gasteiger partial charge in [-0.15, -0.1) is 0 Å². The summed E-state index contributed by atoms with van der Waals surface area (Å²) in [7, 11) is 0. The van der Waals surface area contributed by atoms with Crippen molar-refractivity contribution in [1.29, 1.82) is 0 Å². The van der Waals surface area contributed by atoms with Crippen molar-refractivity contribution < 1.29 is 39.9 Å². The number of carbonyl (C=O) groups excluding carboxylic acids is 2. The van der Waals surface area contributed by atoms with Crippen molar-refractivity contribution in [3.63, 3.8) is 0 Å².